The Labute approximate surface area is 125 Å². The largest absolute Gasteiger partial charge is 0.458 e. The Morgan fingerprint density at radius 2 is 2.00 bits per heavy atom. The third kappa shape index (κ3) is 4.28. The molecule has 2 heterocycles. The number of amides is 1. The van der Waals surface area contributed by atoms with Gasteiger partial charge in [0, 0.05) is 18.9 Å². The smallest absolute Gasteiger partial charge is 0.329 e. The molecule has 0 unspecified atom stereocenters. The zero-order valence-electron chi connectivity index (χ0n) is 12.8. The standard InChI is InChI=1S/C16H22N2O3/c1-16(2,3)21-15(20)13-5-4-10-18(13)14(19)11-12-6-8-17-9-7-12/h6-9,13H,4-5,10-11H2,1-3H3/t13-/m0/s1. The number of esters is 1. The molecule has 1 aromatic rings. The first-order valence-electron chi connectivity index (χ1n) is 7.28. The lowest BCUT2D eigenvalue weighted by Crippen LogP contribution is -2.44. The van der Waals surface area contributed by atoms with Gasteiger partial charge >= 0.3 is 5.97 Å². The van der Waals surface area contributed by atoms with Crippen LogP contribution in [0.2, 0.25) is 0 Å². The summed E-state index contributed by atoms with van der Waals surface area (Å²) in [4.78, 5) is 30.2. The van der Waals surface area contributed by atoms with Gasteiger partial charge in [-0.3, -0.25) is 9.78 Å². The van der Waals surface area contributed by atoms with Crippen molar-refractivity contribution in [3.8, 4) is 0 Å². The summed E-state index contributed by atoms with van der Waals surface area (Å²) < 4.78 is 5.41. The summed E-state index contributed by atoms with van der Waals surface area (Å²) in [6, 6.07) is 3.19. The lowest BCUT2D eigenvalue weighted by Gasteiger charge is -2.27. The molecule has 0 N–H and O–H groups in total. The summed E-state index contributed by atoms with van der Waals surface area (Å²) in [7, 11) is 0. The Balaban J connectivity index is 2.01. The molecule has 0 saturated carbocycles. The number of pyridine rings is 1. The van der Waals surface area contributed by atoms with E-state index >= 15 is 0 Å². The lowest BCUT2D eigenvalue weighted by atomic mass is 10.1. The van der Waals surface area contributed by atoms with Crippen molar-refractivity contribution in [2.24, 2.45) is 0 Å². The van der Waals surface area contributed by atoms with Crippen molar-refractivity contribution in [1.82, 2.24) is 9.88 Å². The van der Waals surface area contributed by atoms with Crippen molar-refractivity contribution < 1.29 is 14.3 Å². The second-order valence-electron chi connectivity index (χ2n) is 6.31. The van der Waals surface area contributed by atoms with Crippen LogP contribution < -0.4 is 0 Å². The fourth-order valence-corrected chi connectivity index (χ4v) is 2.46. The maximum Gasteiger partial charge on any atom is 0.329 e. The fraction of sp³-hybridized carbons (Fsp3) is 0.562. The number of hydrogen-bond donors (Lipinski definition) is 0. The van der Waals surface area contributed by atoms with Gasteiger partial charge in [0.1, 0.15) is 11.6 Å². The summed E-state index contributed by atoms with van der Waals surface area (Å²) in [5.74, 6) is -0.336. The number of carbonyl (C=O) groups is 2. The highest BCUT2D eigenvalue weighted by molar-refractivity contribution is 5.86. The molecule has 1 aromatic heterocycles. The Morgan fingerprint density at radius 1 is 1.33 bits per heavy atom. The van der Waals surface area contributed by atoms with E-state index in [0.717, 1.165) is 12.0 Å². The van der Waals surface area contributed by atoms with E-state index in [1.807, 2.05) is 32.9 Å². The monoisotopic (exact) mass is 290 g/mol. The second kappa shape index (κ2) is 6.24. The maximum atomic E-state index is 12.4. The van der Waals surface area contributed by atoms with Crippen LogP contribution in [0.25, 0.3) is 0 Å². The quantitative estimate of drug-likeness (QED) is 0.798. The molecule has 0 aliphatic carbocycles. The number of likely N-dealkylation sites (tertiary alicyclic amines) is 1. The van der Waals surface area contributed by atoms with E-state index in [1.165, 1.54) is 0 Å². The normalized spacial score (nSPS) is 18.6. The summed E-state index contributed by atoms with van der Waals surface area (Å²) in [6.45, 7) is 6.13. The van der Waals surface area contributed by atoms with Crippen LogP contribution in [0.3, 0.4) is 0 Å². The van der Waals surface area contributed by atoms with Gasteiger partial charge in [-0.1, -0.05) is 0 Å². The SMILES string of the molecule is CC(C)(C)OC(=O)[C@@H]1CCCN1C(=O)Cc1ccncc1. The first-order valence-corrected chi connectivity index (χ1v) is 7.28. The Kier molecular flexibility index (Phi) is 4.60. The fourth-order valence-electron chi connectivity index (χ4n) is 2.46. The van der Waals surface area contributed by atoms with Crippen molar-refractivity contribution in [1.29, 1.82) is 0 Å². The molecule has 1 fully saturated rings. The molecule has 0 spiro atoms. The highest BCUT2D eigenvalue weighted by atomic mass is 16.6. The molecule has 5 nitrogen and oxygen atoms in total. The average Bonchev–Trinajstić information content (AvgIpc) is 2.87. The van der Waals surface area contributed by atoms with E-state index in [-0.39, 0.29) is 11.9 Å². The number of aromatic nitrogens is 1. The van der Waals surface area contributed by atoms with Crippen LogP contribution in [-0.2, 0) is 20.7 Å². The van der Waals surface area contributed by atoms with Gasteiger partial charge < -0.3 is 9.64 Å². The Morgan fingerprint density at radius 3 is 2.62 bits per heavy atom. The maximum absolute atomic E-state index is 12.4. The topological polar surface area (TPSA) is 59.5 Å². The molecule has 1 saturated heterocycles. The number of nitrogens with zero attached hydrogens (tertiary/aromatic N) is 2. The van der Waals surface area contributed by atoms with Crippen molar-refractivity contribution in [3.63, 3.8) is 0 Å². The lowest BCUT2D eigenvalue weighted by molar-refractivity contribution is -0.163. The zero-order valence-corrected chi connectivity index (χ0v) is 12.8. The van der Waals surface area contributed by atoms with Crippen molar-refractivity contribution in [3.05, 3.63) is 30.1 Å². The van der Waals surface area contributed by atoms with E-state index in [4.69, 9.17) is 4.74 Å². The summed E-state index contributed by atoms with van der Waals surface area (Å²) in [5, 5.41) is 0. The Hall–Kier alpha value is -1.91. The molecule has 1 aliphatic heterocycles. The number of hydrogen-bond acceptors (Lipinski definition) is 4. The molecular formula is C16H22N2O3. The van der Waals surface area contributed by atoms with Crippen LogP contribution >= 0.6 is 0 Å². The third-order valence-electron chi connectivity index (χ3n) is 3.36. The second-order valence-corrected chi connectivity index (χ2v) is 6.31. The van der Waals surface area contributed by atoms with Crippen LogP contribution in [0, 0.1) is 0 Å². The van der Waals surface area contributed by atoms with E-state index < -0.39 is 11.6 Å². The van der Waals surface area contributed by atoms with Crippen molar-refractivity contribution >= 4 is 11.9 Å². The molecule has 1 aliphatic rings. The minimum Gasteiger partial charge on any atom is -0.458 e. The van der Waals surface area contributed by atoms with Gasteiger partial charge in [0.25, 0.3) is 0 Å². The summed E-state index contributed by atoms with van der Waals surface area (Å²) in [5.41, 5.74) is 0.379. The predicted molar refractivity (Wildman–Crippen MR) is 78.5 cm³/mol. The molecule has 0 radical (unpaired) electrons. The van der Waals surface area contributed by atoms with Gasteiger partial charge in [-0.2, -0.15) is 0 Å². The average molecular weight is 290 g/mol. The van der Waals surface area contributed by atoms with Gasteiger partial charge in [0.2, 0.25) is 5.91 Å². The van der Waals surface area contributed by atoms with Gasteiger partial charge in [0.05, 0.1) is 6.42 Å². The van der Waals surface area contributed by atoms with Crippen molar-refractivity contribution in [2.45, 2.75) is 51.7 Å². The molecule has 0 aromatic carbocycles. The van der Waals surface area contributed by atoms with Crippen LogP contribution in [0.15, 0.2) is 24.5 Å². The molecule has 21 heavy (non-hydrogen) atoms. The first-order chi connectivity index (χ1) is 9.87. The van der Waals surface area contributed by atoms with E-state index in [0.29, 0.717) is 19.4 Å². The van der Waals surface area contributed by atoms with E-state index in [9.17, 15) is 9.59 Å². The predicted octanol–water partition coefficient (Wildman–Crippen LogP) is 1.96. The molecule has 0 bridgehead atoms. The van der Waals surface area contributed by atoms with E-state index in [2.05, 4.69) is 4.98 Å². The van der Waals surface area contributed by atoms with Gasteiger partial charge in [-0.05, 0) is 51.3 Å². The molecule has 114 valence electrons. The van der Waals surface area contributed by atoms with E-state index in [1.54, 1.807) is 17.3 Å². The molecule has 1 amide bonds. The van der Waals surface area contributed by atoms with Crippen molar-refractivity contribution in [2.75, 3.05) is 6.54 Å². The van der Waals surface area contributed by atoms with Crippen LogP contribution in [0.1, 0.15) is 39.2 Å². The van der Waals surface area contributed by atoms with Crippen LogP contribution in [-0.4, -0.2) is 39.9 Å². The number of carbonyl (C=O) groups excluding carboxylic acids is 2. The van der Waals surface area contributed by atoms with Crippen LogP contribution in [0.5, 0.6) is 0 Å². The number of ether oxygens (including phenoxy) is 1. The molecule has 2 rings (SSSR count). The Bertz CT molecular complexity index is 508. The minimum atomic E-state index is -0.528. The first kappa shape index (κ1) is 15.5. The van der Waals surface area contributed by atoms with Gasteiger partial charge in [0.15, 0.2) is 0 Å². The molecule has 5 heteroatoms. The van der Waals surface area contributed by atoms with Crippen LogP contribution in [0.4, 0.5) is 0 Å². The zero-order chi connectivity index (χ0) is 15.5. The third-order valence-corrected chi connectivity index (χ3v) is 3.36. The molecule has 1 atom stereocenters. The van der Waals surface area contributed by atoms with Gasteiger partial charge in [-0.15, -0.1) is 0 Å². The minimum absolute atomic E-state index is 0.0328. The molecular weight excluding hydrogens is 268 g/mol. The van der Waals surface area contributed by atoms with Gasteiger partial charge in [-0.25, -0.2) is 4.79 Å². The number of rotatable bonds is 3. The highest BCUT2D eigenvalue weighted by Crippen LogP contribution is 2.22. The summed E-state index contributed by atoms with van der Waals surface area (Å²) in [6.07, 6.45) is 5.14. The summed E-state index contributed by atoms with van der Waals surface area (Å²) >= 11 is 0. The highest BCUT2D eigenvalue weighted by Gasteiger charge is 2.36.